The highest BCUT2D eigenvalue weighted by molar-refractivity contribution is 9.10. The lowest BCUT2D eigenvalue weighted by atomic mass is 9.96. The molecule has 0 radical (unpaired) electrons. The van der Waals surface area contributed by atoms with Gasteiger partial charge in [-0.15, -0.1) is 0 Å². The number of nitrogens with one attached hydrogen (secondary N) is 1. The molecule has 0 atom stereocenters. The maximum absolute atomic E-state index is 13.2. The number of aromatic nitrogens is 1. The third-order valence-electron chi connectivity index (χ3n) is 3.33. The van der Waals surface area contributed by atoms with E-state index in [4.69, 9.17) is 0 Å². The van der Waals surface area contributed by atoms with Gasteiger partial charge in [0.15, 0.2) is 0 Å². The zero-order chi connectivity index (χ0) is 15.9. The van der Waals surface area contributed by atoms with Crippen molar-refractivity contribution in [3.8, 4) is 11.1 Å². The van der Waals surface area contributed by atoms with Crippen molar-refractivity contribution >= 4 is 26.8 Å². The highest BCUT2D eigenvalue weighted by atomic mass is 79.9. The Morgan fingerprint density at radius 2 is 1.68 bits per heavy atom. The van der Waals surface area contributed by atoms with Gasteiger partial charge in [-0.1, -0.05) is 34.1 Å². The molecule has 1 N–H and O–H groups in total. The largest absolute Gasteiger partial charge is 0.417 e. The highest BCUT2D eigenvalue weighted by Crippen LogP contribution is 2.38. The number of pyridine rings is 1. The van der Waals surface area contributed by atoms with E-state index >= 15 is 0 Å². The van der Waals surface area contributed by atoms with Crippen LogP contribution in [0.4, 0.5) is 13.2 Å². The molecule has 0 aliphatic heterocycles. The molecule has 0 bridgehead atoms. The summed E-state index contributed by atoms with van der Waals surface area (Å²) in [6.45, 7) is 0. The van der Waals surface area contributed by atoms with Gasteiger partial charge in [0.25, 0.3) is 0 Å². The van der Waals surface area contributed by atoms with Crippen LogP contribution in [0, 0.1) is 0 Å². The fourth-order valence-corrected chi connectivity index (χ4v) is 2.78. The number of alkyl halides is 3. The summed E-state index contributed by atoms with van der Waals surface area (Å²) >= 11 is 3.30. The zero-order valence-electron chi connectivity index (χ0n) is 11.0. The van der Waals surface area contributed by atoms with Crippen LogP contribution in [0.5, 0.6) is 0 Å². The summed E-state index contributed by atoms with van der Waals surface area (Å²) in [5.41, 5.74) is -0.469. The predicted octanol–water partition coefficient (Wildman–Crippen LogP) is 4.98. The standard InChI is InChI=1S/C16H9BrF3NO/c17-9-5-6-14-12(7-9)11(8-15(22)21-14)10-3-1-2-4-13(10)16(18,19)20/h1-8H,(H,21,22). The van der Waals surface area contributed by atoms with Gasteiger partial charge < -0.3 is 4.98 Å². The molecule has 0 amide bonds. The number of fused-ring (bicyclic) bond motifs is 1. The molecule has 3 aromatic rings. The predicted molar refractivity (Wildman–Crippen MR) is 82.7 cm³/mol. The van der Waals surface area contributed by atoms with E-state index in [1.807, 2.05) is 0 Å². The first-order valence-electron chi connectivity index (χ1n) is 6.35. The third-order valence-corrected chi connectivity index (χ3v) is 3.82. The van der Waals surface area contributed by atoms with Crippen molar-refractivity contribution in [1.82, 2.24) is 4.98 Å². The Morgan fingerprint density at radius 1 is 0.955 bits per heavy atom. The lowest BCUT2D eigenvalue weighted by Gasteiger charge is -2.14. The summed E-state index contributed by atoms with van der Waals surface area (Å²) in [6.07, 6.45) is -4.49. The topological polar surface area (TPSA) is 32.9 Å². The molecule has 3 rings (SSSR count). The average Bonchev–Trinajstić information content (AvgIpc) is 2.46. The summed E-state index contributed by atoms with van der Waals surface area (Å²) in [5, 5.41) is 0.547. The van der Waals surface area contributed by atoms with Crippen LogP contribution in [-0.2, 0) is 6.18 Å². The summed E-state index contributed by atoms with van der Waals surface area (Å²) < 4.78 is 40.4. The van der Waals surface area contributed by atoms with E-state index in [0.717, 1.165) is 10.5 Å². The Kier molecular flexibility index (Phi) is 3.56. The van der Waals surface area contributed by atoms with Crippen LogP contribution in [-0.4, -0.2) is 4.98 Å². The normalized spacial score (nSPS) is 11.8. The van der Waals surface area contributed by atoms with Gasteiger partial charge in [-0.25, -0.2) is 0 Å². The lowest BCUT2D eigenvalue weighted by Crippen LogP contribution is -2.09. The van der Waals surface area contributed by atoms with E-state index in [-0.39, 0.29) is 11.1 Å². The van der Waals surface area contributed by atoms with E-state index in [1.54, 1.807) is 18.2 Å². The summed E-state index contributed by atoms with van der Waals surface area (Å²) in [6, 6.07) is 11.5. The maximum atomic E-state index is 13.2. The molecular weight excluding hydrogens is 359 g/mol. The number of aromatic amines is 1. The molecular formula is C16H9BrF3NO. The lowest BCUT2D eigenvalue weighted by molar-refractivity contribution is -0.137. The van der Waals surface area contributed by atoms with Gasteiger partial charge in [-0.3, -0.25) is 4.79 Å². The van der Waals surface area contributed by atoms with Crippen molar-refractivity contribution in [2.24, 2.45) is 0 Å². The monoisotopic (exact) mass is 367 g/mol. The van der Waals surface area contributed by atoms with Gasteiger partial charge in [0, 0.05) is 21.4 Å². The van der Waals surface area contributed by atoms with Gasteiger partial charge in [0.05, 0.1) is 5.56 Å². The second-order valence-corrected chi connectivity index (χ2v) is 5.70. The first kappa shape index (κ1) is 14.8. The Balaban J connectivity index is 2.41. The molecule has 2 aromatic carbocycles. The van der Waals surface area contributed by atoms with Crippen molar-refractivity contribution in [2.75, 3.05) is 0 Å². The fraction of sp³-hybridized carbons (Fsp3) is 0.0625. The SMILES string of the molecule is O=c1cc(-c2ccccc2C(F)(F)F)c2cc(Br)ccc2[nH]1. The van der Waals surface area contributed by atoms with Crippen LogP contribution in [0.2, 0.25) is 0 Å². The van der Waals surface area contributed by atoms with Crippen LogP contribution >= 0.6 is 15.9 Å². The molecule has 112 valence electrons. The van der Waals surface area contributed by atoms with E-state index in [0.29, 0.717) is 10.9 Å². The fourth-order valence-electron chi connectivity index (χ4n) is 2.41. The van der Waals surface area contributed by atoms with Crippen molar-refractivity contribution in [3.63, 3.8) is 0 Å². The van der Waals surface area contributed by atoms with Gasteiger partial charge in [-0.05, 0) is 35.4 Å². The van der Waals surface area contributed by atoms with Crippen molar-refractivity contribution < 1.29 is 13.2 Å². The second-order valence-electron chi connectivity index (χ2n) is 4.78. The highest BCUT2D eigenvalue weighted by Gasteiger charge is 2.33. The summed E-state index contributed by atoms with van der Waals surface area (Å²) in [5.74, 6) is 0. The molecule has 0 saturated heterocycles. The molecule has 6 heteroatoms. The van der Waals surface area contributed by atoms with Crippen LogP contribution in [0.1, 0.15) is 5.56 Å². The number of H-pyrrole nitrogens is 1. The second kappa shape index (κ2) is 5.28. The summed E-state index contributed by atoms with van der Waals surface area (Å²) in [7, 11) is 0. The minimum Gasteiger partial charge on any atom is -0.322 e. The van der Waals surface area contributed by atoms with E-state index in [2.05, 4.69) is 20.9 Å². The first-order valence-corrected chi connectivity index (χ1v) is 7.15. The Bertz CT molecular complexity index is 915. The number of benzene rings is 2. The minimum absolute atomic E-state index is 0.01000. The van der Waals surface area contributed by atoms with Gasteiger partial charge >= 0.3 is 6.18 Å². The Hall–Kier alpha value is -2.08. The van der Waals surface area contributed by atoms with E-state index < -0.39 is 17.3 Å². The number of rotatable bonds is 1. The number of hydrogen-bond acceptors (Lipinski definition) is 1. The number of hydrogen-bond donors (Lipinski definition) is 1. The smallest absolute Gasteiger partial charge is 0.322 e. The molecule has 0 unspecified atom stereocenters. The average molecular weight is 368 g/mol. The van der Waals surface area contributed by atoms with Crippen molar-refractivity contribution in [2.45, 2.75) is 6.18 Å². The Morgan fingerprint density at radius 3 is 2.41 bits per heavy atom. The van der Waals surface area contributed by atoms with Crippen molar-refractivity contribution in [3.05, 3.63) is 68.9 Å². The molecule has 0 saturated carbocycles. The van der Waals surface area contributed by atoms with Crippen LogP contribution < -0.4 is 5.56 Å². The quantitative estimate of drug-likeness (QED) is 0.646. The van der Waals surface area contributed by atoms with E-state index in [1.165, 1.54) is 24.3 Å². The first-order chi connectivity index (χ1) is 10.4. The third kappa shape index (κ3) is 2.66. The minimum atomic E-state index is -4.49. The molecule has 0 aliphatic carbocycles. The number of halogens is 4. The molecule has 0 fully saturated rings. The molecule has 1 aromatic heterocycles. The van der Waals surface area contributed by atoms with Gasteiger partial charge in [0.2, 0.25) is 5.56 Å². The van der Waals surface area contributed by atoms with Crippen LogP contribution in [0.3, 0.4) is 0 Å². The molecule has 0 aliphatic rings. The molecule has 22 heavy (non-hydrogen) atoms. The van der Waals surface area contributed by atoms with E-state index in [9.17, 15) is 18.0 Å². The maximum Gasteiger partial charge on any atom is 0.417 e. The molecule has 0 spiro atoms. The molecule has 2 nitrogen and oxygen atoms in total. The van der Waals surface area contributed by atoms with Crippen LogP contribution in [0.25, 0.3) is 22.0 Å². The van der Waals surface area contributed by atoms with Crippen LogP contribution in [0.15, 0.2) is 57.8 Å². The van der Waals surface area contributed by atoms with Gasteiger partial charge in [0.1, 0.15) is 0 Å². The Labute approximate surface area is 131 Å². The van der Waals surface area contributed by atoms with Crippen molar-refractivity contribution in [1.29, 1.82) is 0 Å². The molecule has 1 heterocycles. The summed E-state index contributed by atoms with van der Waals surface area (Å²) in [4.78, 5) is 14.4. The van der Waals surface area contributed by atoms with Gasteiger partial charge in [-0.2, -0.15) is 13.2 Å². The zero-order valence-corrected chi connectivity index (χ0v) is 12.6.